The van der Waals surface area contributed by atoms with E-state index in [0.717, 1.165) is 30.6 Å². The predicted octanol–water partition coefficient (Wildman–Crippen LogP) is 5.10. The molecule has 3 rings (SSSR count). The van der Waals surface area contributed by atoms with Crippen LogP contribution in [-0.2, 0) is 5.41 Å². The number of halogens is 1. The first kappa shape index (κ1) is 20.0. The molecule has 1 atom stereocenters. The van der Waals surface area contributed by atoms with Gasteiger partial charge >= 0.3 is 6.03 Å². The third kappa shape index (κ3) is 4.57. The molecule has 1 aromatic heterocycles. The van der Waals surface area contributed by atoms with E-state index in [0.29, 0.717) is 23.0 Å². The van der Waals surface area contributed by atoms with Crippen LogP contribution in [0.4, 0.5) is 10.5 Å². The molecule has 2 amide bonds. The normalized spacial score (nSPS) is 16.7. The van der Waals surface area contributed by atoms with E-state index in [1.807, 2.05) is 6.07 Å². The highest BCUT2D eigenvalue weighted by Crippen LogP contribution is 2.44. The largest absolute Gasteiger partial charge is 0.495 e. The number of carbonyl (C=O) groups is 1. The van der Waals surface area contributed by atoms with E-state index in [1.165, 1.54) is 4.88 Å². The number of rotatable bonds is 6. The van der Waals surface area contributed by atoms with Crippen LogP contribution in [0.3, 0.4) is 0 Å². The van der Waals surface area contributed by atoms with Gasteiger partial charge in [0.1, 0.15) is 5.75 Å². The zero-order chi connectivity index (χ0) is 19.4. The van der Waals surface area contributed by atoms with Gasteiger partial charge < -0.3 is 20.5 Å². The van der Waals surface area contributed by atoms with E-state index in [2.05, 4.69) is 16.7 Å². The number of carbonyl (C=O) groups excluding carboxylic acids is 1. The fourth-order valence-electron chi connectivity index (χ4n) is 3.62. The molecule has 7 heteroatoms. The molecule has 0 saturated heterocycles. The second-order valence-electron chi connectivity index (χ2n) is 7.02. The van der Waals surface area contributed by atoms with E-state index in [1.54, 1.807) is 43.6 Å². The van der Waals surface area contributed by atoms with Crippen molar-refractivity contribution in [2.24, 2.45) is 0 Å². The van der Waals surface area contributed by atoms with Crippen molar-refractivity contribution < 1.29 is 14.6 Å². The molecule has 0 radical (unpaired) electrons. The van der Waals surface area contributed by atoms with E-state index in [-0.39, 0.29) is 11.4 Å². The maximum Gasteiger partial charge on any atom is 0.319 e. The highest BCUT2D eigenvalue weighted by molar-refractivity contribution is 7.12. The van der Waals surface area contributed by atoms with Gasteiger partial charge in [0.05, 0.1) is 18.9 Å². The molecular formula is C20H25ClN2O3S. The van der Waals surface area contributed by atoms with Crippen LogP contribution in [0.15, 0.2) is 30.3 Å². The van der Waals surface area contributed by atoms with Crippen LogP contribution in [0.5, 0.6) is 5.75 Å². The smallest absolute Gasteiger partial charge is 0.319 e. The van der Waals surface area contributed by atoms with Crippen molar-refractivity contribution in [3.63, 3.8) is 0 Å². The van der Waals surface area contributed by atoms with Gasteiger partial charge in [0.25, 0.3) is 0 Å². The highest BCUT2D eigenvalue weighted by atomic mass is 35.5. The average Bonchev–Trinajstić information content (AvgIpc) is 3.30. The summed E-state index contributed by atoms with van der Waals surface area (Å²) in [5.41, 5.74) is 0.476. The van der Waals surface area contributed by atoms with Crippen molar-refractivity contribution in [2.45, 2.75) is 44.1 Å². The molecule has 2 aromatic rings. The van der Waals surface area contributed by atoms with Crippen molar-refractivity contribution >= 4 is 34.7 Å². The number of anilines is 1. The Kier molecular flexibility index (Phi) is 6.29. The molecule has 146 valence electrons. The maximum absolute atomic E-state index is 12.5. The lowest BCUT2D eigenvalue weighted by Gasteiger charge is -2.28. The number of hydrogen-bond donors (Lipinski definition) is 3. The first-order chi connectivity index (χ1) is 12.9. The predicted molar refractivity (Wildman–Crippen MR) is 110 cm³/mol. The van der Waals surface area contributed by atoms with Crippen LogP contribution < -0.4 is 15.4 Å². The molecule has 1 aliphatic carbocycles. The molecule has 1 saturated carbocycles. The van der Waals surface area contributed by atoms with Crippen molar-refractivity contribution in [2.75, 3.05) is 19.0 Å². The average molecular weight is 409 g/mol. The zero-order valence-electron chi connectivity index (χ0n) is 15.5. The molecule has 1 aliphatic rings. The Morgan fingerprint density at radius 1 is 1.33 bits per heavy atom. The van der Waals surface area contributed by atoms with Crippen LogP contribution in [-0.4, -0.2) is 24.8 Å². The van der Waals surface area contributed by atoms with E-state index in [4.69, 9.17) is 16.3 Å². The number of hydrogen-bond acceptors (Lipinski definition) is 4. The molecule has 27 heavy (non-hydrogen) atoms. The summed E-state index contributed by atoms with van der Waals surface area (Å²) in [4.78, 5) is 14.7. The van der Waals surface area contributed by atoms with Gasteiger partial charge in [-0.25, -0.2) is 4.79 Å². The molecule has 0 spiro atoms. The Morgan fingerprint density at radius 2 is 2.07 bits per heavy atom. The van der Waals surface area contributed by atoms with Gasteiger partial charge in [-0.3, -0.25) is 0 Å². The van der Waals surface area contributed by atoms with Gasteiger partial charge in [-0.05, 0) is 50.1 Å². The first-order valence-electron chi connectivity index (χ1n) is 9.10. The molecule has 1 heterocycles. The molecule has 1 fully saturated rings. The van der Waals surface area contributed by atoms with Gasteiger partial charge in [0.2, 0.25) is 0 Å². The molecule has 3 N–H and O–H groups in total. The van der Waals surface area contributed by atoms with Crippen molar-refractivity contribution in [1.29, 1.82) is 0 Å². The van der Waals surface area contributed by atoms with Crippen LogP contribution in [0.2, 0.25) is 5.02 Å². The van der Waals surface area contributed by atoms with Crippen LogP contribution in [0, 0.1) is 0 Å². The number of ether oxygens (including phenoxy) is 1. The molecule has 1 aromatic carbocycles. The van der Waals surface area contributed by atoms with Crippen LogP contribution in [0.25, 0.3) is 0 Å². The lowest BCUT2D eigenvalue weighted by atomic mass is 9.84. The minimum Gasteiger partial charge on any atom is -0.495 e. The van der Waals surface area contributed by atoms with Gasteiger partial charge in [0, 0.05) is 26.7 Å². The fourth-order valence-corrected chi connectivity index (χ4v) is 4.98. The Bertz CT molecular complexity index is 800. The summed E-state index contributed by atoms with van der Waals surface area (Å²) in [5.74, 6) is 0.560. The zero-order valence-corrected chi connectivity index (χ0v) is 17.1. The van der Waals surface area contributed by atoms with Crippen LogP contribution in [0.1, 0.15) is 48.5 Å². The molecule has 0 unspecified atom stereocenters. The number of benzene rings is 1. The van der Waals surface area contributed by atoms with Gasteiger partial charge in [-0.2, -0.15) is 0 Å². The summed E-state index contributed by atoms with van der Waals surface area (Å²) in [7, 11) is 1.55. The van der Waals surface area contributed by atoms with Crippen LogP contribution >= 0.6 is 22.9 Å². The summed E-state index contributed by atoms with van der Waals surface area (Å²) in [6.07, 6.45) is 3.90. The Hall–Kier alpha value is -1.76. The number of nitrogens with one attached hydrogen (secondary N) is 2. The molecule has 0 bridgehead atoms. The second-order valence-corrected chi connectivity index (χ2v) is 8.57. The van der Waals surface area contributed by atoms with E-state index in [9.17, 15) is 9.90 Å². The lowest BCUT2D eigenvalue weighted by molar-refractivity contribution is 0.203. The third-order valence-electron chi connectivity index (χ3n) is 5.12. The molecular weight excluding hydrogens is 384 g/mol. The number of methoxy groups -OCH3 is 1. The van der Waals surface area contributed by atoms with Crippen molar-refractivity contribution in [1.82, 2.24) is 5.32 Å². The number of urea groups is 1. The Labute approximate surface area is 168 Å². The minimum absolute atomic E-state index is 0.0619. The minimum atomic E-state index is -0.464. The van der Waals surface area contributed by atoms with E-state index >= 15 is 0 Å². The third-order valence-corrected chi connectivity index (χ3v) is 6.86. The Balaban J connectivity index is 1.69. The standard InChI is InChI=1S/C20H25ClN2O3S/c1-13(24)17-7-8-18(27-17)20(9-3-4-10-20)12-22-19(25)23-15-11-14(21)5-6-16(15)26-2/h5-8,11,13,24H,3-4,9-10,12H2,1-2H3,(H2,22,23,25)/t13-/m1/s1. The summed E-state index contributed by atoms with van der Waals surface area (Å²) in [6, 6.07) is 8.90. The lowest BCUT2D eigenvalue weighted by Crippen LogP contribution is -2.40. The first-order valence-corrected chi connectivity index (χ1v) is 10.3. The highest BCUT2D eigenvalue weighted by Gasteiger charge is 2.37. The Morgan fingerprint density at radius 3 is 2.70 bits per heavy atom. The molecule has 5 nitrogen and oxygen atoms in total. The monoisotopic (exact) mass is 408 g/mol. The quantitative estimate of drug-likeness (QED) is 0.622. The number of aliphatic hydroxyl groups excluding tert-OH is 1. The van der Waals surface area contributed by atoms with E-state index < -0.39 is 6.10 Å². The summed E-state index contributed by atoms with van der Waals surface area (Å²) in [6.45, 7) is 2.34. The SMILES string of the molecule is COc1ccc(Cl)cc1NC(=O)NCC1(c2ccc([C@@H](C)O)s2)CCCC1. The van der Waals surface area contributed by atoms with Gasteiger partial charge in [-0.15, -0.1) is 11.3 Å². The van der Waals surface area contributed by atoms with Crippen molar-refractivity contribution in [3.8, 4) is 5.75 Å². The summed E-state index contributed by atoms with van der Waals surface area (Å²) < 4.78 is 5.27. The number of amides is 2. The summed E-state index contributed by atoms with van der Waals surface area (Å²) >= 11 is 7.66. The number of aliphatic hydroxyl groups is 1. The van der Waals surface area contributed by atoms with Gasteiger partial charge in [-0.1, -0.05) is 24.4 Å². The van der Waals surface area contributed by atoms with Gasteiger partial charge in [0.15, 0.2) is 0 Å². The fraction of sp³-hybridized carbons (Fsp3) is 0.450. The topological polar surface area (TPSA) is 70.6 Å². The number of thiophene rings is 1. The molecule has 0 aliphatic heterocycles. The second kappa shape index (κ2) is 8.50. The van der Waals surface area contributed by atoms with Crippen molar-refractivity contribution in [3.05, 3.63) is 45.1 Å². The maximum atomic E-state index is 12.5. The summed E-state index contributed by atoms with van der Waals surface area (Å²) in [5, 5.41) is 16.2.